The molecule has 3 nitrogen and oxygen atoms in total. The third-order valence-electron chi connectivity index (χ3n) is 3.63. The summed E-state index contributed by atoms with van der Waals surface area (Å²) >= 11 is 3.47. The monoisotopic (exact) mass is 324 g/mol. The van der Waals surface area contributed by atoms with Crippen LogP contribution in [0.4, 0.5) is 5.69 Å². The predicted molar refractivity (Wildman–Crippen MR) is 82.5 cm³/mol. The minimum atomic E-state index is 0.127. The molecule has 1 atom stereocenters. The fraction of sp³-hybridized carbons (Fsp3) is 0.533. The zero-order valence-corrected chi connectivity index (χ0v) is 13.1. The summed E-state index contributed by atoms with van der Waals surface area (Å²) in [5.74, 6) is 0.604. The van der Waals surface area contributed by atoms with Gasteiger partial charge < -0.3 is 10.6 Å². The summed E-state index contributed by atoms with van der Waals surface area (Å²) in [6.45, 7) is 6.10. The molecule has 1 heterocycles. The highest BCUT2D eigenvalue weighted by molar-refractivity contribution is 9.10. The van der Waals surface area contributed by atoms with E-state index in [9.17, 15) is 4.79 Å². The van der Waals surface area contributed by atoms with Crippen LogP contribution in [-0.4, -0.2) is 19.0 Å². The molecule has 1 unspecified atom stereocenters. The molecular formula is C15H21BrN2O. The fourth-order valence-electron chi connectivity index (χ4n) is 2.66. The summed E-state index contributed by atoms with van der Waals surface area (Å²) in [5, 5.41) is 6.41. The second kappa shape index (κ2) is 6.53. The van der Waals surface area contributed by atoms with Gasteiger partial charge in [0, 0.05) is 16.6 Å². The summed E-state index contributed by atoms with van der Waals surface area (Å²) in [5.41, 5.74) is 3.15. The van der Waals surface area contributed by atoms with Crippen molar-refractivity contribution >= 4 is 27.5 Å². The van der Waals surface area contributed by atoms with E-state index in [2.05, 4.69) is 26.6 Å². The van der Waals surface area contributed by atoms with E-state index in [1.807, 2.05) is 26.0 Å². The van der Waals surface area contributed by atoms with Crippen LogP contribution < -0.4 is 10.6 Å². The van der Waals surface area contributed by atoms with Gasteiger partial charge >= 0.3 is 0 Å². The molecule has 104 valence electrons. The van der Waals surface area contributed by atoms with Crippen molar-refractivity contribution in [3.63, 3.8) is 0 Å². The number of carbonyl (C=O) groups is 1. The summed E-state index contributed by atoms with van der Waals surface area (Å²) < 4.78 is 1.05. The molecule has 0 spiro atoms. The van der Waals surface area contributed by atoms with Gasteiger partial charge in [0.05, 0.1) is 0 Å². The molecule has 1 aromatic carbocycles. The lowest BCUT2D eigenvalue weighted by Gasteiger charge is -2.22. The van der Waals surface area contributed by atoms with E-state index in [0.717, 1.165) is 40.8 Å². The molecule has 1 aliphatic rings. The average molecular weight is 325 g/mol. The van der Waals surface area contributed by atoms with Crippen LogP contribution in [0.2, 0.25) is 0 Å². The Morgan fingerprint density at radius 3 is 2.68 bits per heavy atom. The summed E-state index contributed by atoms with van der Waals surface area (Å²) in [6.07, 6.45) is 2.94. The number of anilines is 1. The summed E-state index contributed by atoms with van der Waals surface area (Å²) in [7, 11) is 0. The molecule has 1 fully saturated rings. The maximum absolute atomic E-state index is 12.1. The van der Waals surface area contributed by atoms with Crippen molar-refractivity contribution in [2.75, 3.05) is 18.4 Å². The first-order valence-electron chi connectivity index (χ1n) is 6.83. The van der Waals surface area contributed by atoms with Crippen LogP contribution in [0, 0.1) is 19.8 Å². The van der Waals surface area contributed by atoms with E-state index < -0.39 is 0 Å². The van der Waals surface area contributed by atoms with Crippen molar-refractivity contribution in [3.8, 4) is 0 Å². The van der Waals surface area contributed by atoms with Gasteiger partial charge in [-0.3, -0.25) is 4.79 Å². The molecule has 2 rings (SSSR count). The molecule has 0 radical (unpaired) electrons. The maximum Gasteiger partial charge on any atom is 0.224 e. The second-order valence-corrected chi connectivity index (χ2v) is 6.29. The molecule has 1 aliphatic heterocycles. The van der Waals surface area contributed by atoms with Crippen LogP contribution in [0.5, 0.6) is 0 Å². The Labute approximate surface area is 123 Å². The van der Waals surface area contributed by atoms with E-state index in [0.29, 0.717) is 12.3 Å². The molecular weight excluding hydrogens is 304 g/mol. The van der Waals surface area contributed by atoms with Gasteiger partial charge in [0.15, 0.2) is 0 Å². The molecule has 0 aromatic heterocycles. The quantitative estimate of drug-likeness (QED) is 0.894. The number of aryl methyl sites for hydroxylation is 2. The smallest absolute Gasteiger partial charge is 0.224 e. The van der Waals surface area contributed by atoms with Crippen molar-refractivity contribution in [2.24, 2.45) is 5.92 Å². The van der Waals surface area contributed by atoms with Crippen molar-refractivity contribution in [2.45, 2.75) is 33.1 Å². The number of rotatable bonds is 3. The Morgan fingerprint density at radius 1 is 1.42 bits per heavy atom. The molecule has 1 amide bonds. The largest absolute Gasteiger partial charge is 0.326 e. The highest BCUT2D eigenvalue weighted by Crippen LogP contribution is 2.25. The normalized spacial score (nSPS) is 19.2. The van der Waals surface area contributed by atoms with Crippen LogP contribution in [-0.2, 0) is 4.79 Å². The molecule has 1 aromatic rings. The van der Waals surface area contributed by atoms with Crippen LogP contribution in [0.3, 0.4) is 0 Å². The number of hydrogen-bond donors (Lipinski definition) is 2. The lowest BCUT2D eigenvalue weighted by molar-refractivity contribution is -0.117. The van der Waals surface area contributed by atoms with Crippen LogP contribution in [0.15, 0.2) is 16.6 Å². The van der Waals surface area contributed by atoms with E-state index >= 15 is 0 Å². The Morgan fingerprint density at radius 2 is 2.11 bits per heavy atom. The molecule has 0 bridgehead atoms. The topological polar surface area (TPSA) is 41.1 Å². The van der Waals surface area contributed by atoms with Gasteiger partial charge in [-0.05, 0) is 69.0 Å². The lowest BCUT2D eigenvalue weighted by Crippen LogP contribution is -2.32. The van der Waals surface area contributed by atoms with Crippen molar-refractivity contribution in [1.82, 2.24) is 5.32 Å². The standard InChI is InChI=1S/C15H21BrN2O/c1-10-6-13(16)7-11(2)15(10)18-14(19)8-12-4-3-5-17-9-12/h6-7,12,17H,3-5,8-9H2,1-2H3,(H,18,19). The summed E-state index contributed by atoms with van der Waals surface area (Å²) in [6, 6.07) is 4.07. The van der Waals surface area contributed by atoms with Crippen molar-refractivity contribution in [1.29, 1.82) is 0 Å². The van der Waals surface area contributed by atoms with Gasteiger partial charge in [-0.25, -0.2) is 0 Å². The third-order valence-corrected chi connectivity index (χ3v) is 4.09. The number of hydrogen-bond acceptors (Lipinski definition) is 2. The number of carbonyl (C=O) groups excluding carboxylic acids is 1. The zero-order chi connectivity index (χ0) is 13.8. The van der Waals surface area contributed by atoms with Gasteiger partial charge in [0.25, 0.3) is 0 Å². The third kappa shape index (κ3) is 4.05. The van der Waals surface area contributed by atoms with E-state index in [1.54, 1.807) is 0 Å². The molecule has 0 aliphatic carbocycles. The number of halogens is 1. The van der Waals surface area contributed by atoms with Gasteiger partial charge in [0.2, 0.25) is 5.91 Å². The van der Waals surface area contributed by atoms with Crippen molar-refractivity contribution in [3.05, 3.63) is 27.7 Å². The fourth-order valence-corrected chi connectivity index (χ4v) is 3.35. The van der Waals surface area contributed by atoms with Gasteiger partial charge in [-0.2, -0.15) is 0 Å². The minimum absolute atomic E-state index is 0.127. The van der Waals surface area contributed by atoms with Crippen molar-refractivity contribution < 1.29 is 4.79 Å². The zero-order valence-electron chi connectivity index (χ0n) is 11.6. The number of benzene rings is 1. The highest BCUT2D eigenvalue weighted by Gasteiger charge is 2.17. The SMILES string of the molecule is Cc1cc(Br)cc(C)c1NC(=O)CC1CCCNC1. The van der Waals surface area contributed by atoms with E-state index in [4.69, 9.17) is 0 Å². The minimum Gasteiger partial charge on any atom is -0.326 e. The van der Waals surface area contributed by atoms with Gasteiger partial charge in [-0.15, -0.1) is 0 Å². The number of nitrogens with one attached hydrogen (secondary N) is 2. The molecule has 0 saturated carbocycles. The molecule has 19 heavy (non-hydrogen) atoms. The van der Waals surface area contributed by atoms with Gasteiger partial charge in [0.1, 0.15) is 0 Å². The Hall–Kier alpha value is -0.870. The first kappa shape index (κ1) is 14.5. The van der Waals surface area contributed by atoms with Crippen LogP contribution in [0.25, 0.3) is 0 Å². The highest BCUT2D eigenvalue weighted by atomic mass is 79.9. The second-order valence-electron chi connectivity index (χ2n) is 5.38. The molecule has 1 saturated heterocycles. The summed E-state index contributed by atoms with van der Waals surface area (Å²) in [4.78, 5) is 12.1. The average Bonchev–Trinajstić information content (AvgIpc) is 2.35. The predicted octanol–water partition coefficient (Wildman–Crippen LogP) is 3.39. The Bertz CT molecular complexity index is 444. The maximum atomic E-state index is 12.1. The molecule has 4 heteroatoms. The lowest BCUT2D eigenvalue weighted by atomic mass is 9.96. The number of piperidine rings is 1. The first-order chi connectivity index (χ1) is 9.06. The Balaban J connectivity index is 1.98. The number of amides is 1. The Kier molecular flexibility index (Phi) is 4.99. The van der Waals surface area contributed by atoms with Crippen LogP contribution in [0.1, 0.15) is 30.4 Å². The molecule has 2 N–H and O–H groups in total. The van der Waals surface area contributed by atoms with Gasteiger partial charge in [-0.1, -0.05) is 15.9 Å². The van der Waals surface area contributed by atoms with Crippen LogP contribution >= 0.6 is 15.9 Å². The first-order valence-corrected chi connectivity index (χ1v) is 7.63. The van der Waals surface area contributed by atoms with E-state index in [1.165, 1.54) is 6.42 Å². The van der Waals surface area contributed by atoms with E-state index in [-0.39, 0.29) is 5.91 Å².